The number of amides is 2. The van der Waals surface area contributed by atoms with E-state index in [1.807, 2.05) is 0 Å². The highest BCUT2D eigenvalue weighted by Gasteiger charge is 2.58. The summed E-state index contributed by atoms with van der Waals surface area (Å²) < 4.78 is 34.2. The van der Waals surface area contributed by atoms with Crippen LogP contribution in [0.2, 0.25) is 0 Å². The number of nitrogens with two attached hydrogens (primary N) is 2. The van der Waals surface area contributed by atoms with Crippen LogP contribution in [0.15, 0.2) is 5.38 Å². The SMILES string of the molecule is CC1(C)C(NC(=O)C(N)c2csc(N)n2)C(=O)N1OS(=O)(=O)O. The van der Waals surface area contributed by atoms with E-state index in [1.54, 1.807) is 0 Å². The summed E-state index contributed by atoms with van der Waals surface area (Å²) >= 11 is 1.11. The first-order valence-electron chi connectivity index (χ1n) is 6.21. The third-order valence-corrected chi connectivity index (χ3v) is 4.30. The van der Waals surface area contributed by atoms with Crippen LogP contribution in [0.25, 0.3) is 0 Å². The van der Waals surface area contributed by atoms with E-state index in [-0.39, 0.29) is 10.8 Å². The Morgan fingerprint density at radius 2 is 2.22 bits per heavy atom. The highest BCUT2D eigenvalue weighted by Crippen LogP contribution is 2.33. The molecule has 2 amide bonds. The first-order valence-corrected chi connectivity index (χ1v) is 8.46. The fraction of sp³-hybridized carbons (Fsp3) is 0.500. The minimum atomic E-state index is -4.85. The van der Waals surface area contributed by atoms with Gasteiger partial charge in [-0.25, -0.2) is 4.98 Å². The van der Waals surface area contributed by atoms with Crippen molar-refractivity contribution in [1.82, 2.24) is 15.4 Å². The second-order valence-corrected chi connectivity index (χ2v) is 7.21. The Hall–Kier alpha value is -1.80. The number of nitrogens with zero attached hydrogens (tertiary/aromatic N) is 2. The molecule has 1 aliphatic rings. The number of nitrogens with one attached hydrogen (secondary N) is 1. The van der Waals surface area contributed by atoms with Crippen molar-refractivity contribution in [2.24, 2.45) is 5.73 Å². The molecule has 1 saturated heterocycles. The third-order valence-electron chi connectivity index (χ3n) is 3.27. The Balaban J connectivity index is 2.06. The lowest BCUT2D eigenvalue weighted by Crippen LogP contribution is -2.76. The van der Waals surface area contributed by atoms with Crippen molar-refractivity contribution in [3.05, 3.63) is 11.1 Å². The van der Waals surface area contributed by atoms with Crippen molar-refractivity contribution in [3.8, 4) is 0 Å². The van der Waals surface area contributed by atoms with Crippen LogP contribution < -0.4 is 16.8 Å². The zero-order valence-electron chi connectivity index (χ0n) is 12.1. The summed E-state index contributed by atoms with van der Waals surface area (Å²) in [5.41, 5.74) is 10.2. The molecule has 6 N–H and O–H groups in total. The maximum atomic E-state index is 12.1. The molecule has 1 fully saturated rings. The number of nitrogen functional groups attached to an aromatic ring is 1. The van der Waals surface area contributed by atoms with Crippen molar-refractivity contribution >= 4 is 38.7 Å². The van der Waals surface area contributed by atoms with Gasteiger partial charge < -0.3 is 16.8 Å². The molecule has 1 aromatic heterocycles. The number of anilines is 1. The van der Waals surface area contributed by atoms with Crippen LogP contribution in [0.4, 0.5) is 5.13 Å². The van der Waals surface area contributed by atoms with Gasteiger partial charge in [-0.05, 0) is 13.8 Å². The Labute approximate surface area is 135 Å². The lowest BCUT2D eigenvalue weighted by molar-refractivity contribution is -0.218. The number of hydroxylamine groups is 2. The average molecular weight is 365 g/mol. The van der Waals surface area contributed by atoms with E-state index in [2.05, 4.69) is 14.6 Å². The Morgan fingerprint density at radius 3 is 2.65 bits per heavy atom. The van der Waals surface area contributed by atoms with Crippen molar-refractivity contribution in [2.75, 3.05) is 5.73 Å². The van der Waals surface area contributed by atoms with Gasteiger partial charge in [0.05, 0.1) is 11.2 Å². The van der Waals surface area contributed by atoms with E-state index < -0.39 is 39.8 Å². The summed E-state index contributed by atoms with van der Waals surface area (Å²) in [6.07, 6.45) is 0. The minimum absolute atomic E-state index is 0.246. The Bertz CT molecular complexity index is 745. The molecule has 2 unspecified atom stereocenters. The number of β-lactam (4-membered cyclic amide) rings is 1. The average Bonchev–Trinajstić information content (AvgIpc) is 2.86. The molecule has 0 radical (unpaired) electrons. The van der Waals surface area contributed by atoms with Gasteiger partial charge in [0.1, 0.15) is 12.1 Å². The molecule has 23 heavy (non-hydrogen) atoms. The van der Waals surface area contributed by atoms with Gasteiger partial charge in [-0.15, -0.1) is 15.6 Å². The van der Waals surface area contributed by atoms with E-state index in [1.165, 1.54) is 19.2 Å². The number of carbonyl (C=O) groups excluding carboxylic acids is 2. The van der Waals surface area contributed by atoms with Crippen LogP contribution in [0.3, 0.4) is 0 Å². The highest BCUT2D eigenvalue weighted by molar-refractivity contribution is 7.80. The van der Waals surface area contributed by atoms with E-state index in [0.717, 1.165) is 11.3 Å². The van der Waals surface area contributed by atoms with E-state index in [4.69, 9.17) is 16.0 Å². The Kier molecular flexibility index (Phi) is 4.34. The van der Waals surface area contributed by atoms with Crippen LogP contribution in [0.5, 0.6) is 0 Å². The number of hydrogen-bond donors (Lipinski definition) is 4. The molecule has 128 valence electrons. The standard InChI is InChI=1S/C10H15N5O6S2/c1-10(2)6(8(17)15(10)21-23(18,19)20)14-7(16)5(11)4-3-22-9(12)13-4/h3,5-6H,11H2,1-2H3,(H2,12,13)(H,14,16)(H,18,19,20). The largest absolute Gasteiger partial charge is 0.418 e. The zero-order chi connectivity index (χ0) is 17.6. The van der Waals surface area contributed by atoms with E-state index in [0.29, 0.717) is 5.06 Å². The molecule has 2 heterocycles. The zero-order valence-corrected chi connectivity index (χ0v) is 13.7. The first kappa shape index (κ1) is 17.6. The summed E-state index contributed by atoms with van der Waals surface area (Å²) in [6, 6.07) is -2.21. The summed E-state index contributed by atoms with van der Waals surface area (Å²) in [5.74, 6) is -1.53. The fourth-order valence-corrected chi connectivity index (χ4v) is 3.08. The van der Waals surface area contributed by atoms with Crippen LogP contribution >= 0.6 is 11.3 Å². The maximum absolute atomic E-state index is 12.1. The van der Waals surface area contributed by atoms with Gasteiger partial charge in [-0.3, -0.25) is 14.1 Å². The molecule has 1 aliphatic heterocycles. The summed E-state index contributed by atoms with van der Waals surface area (Å²) in [4.78, 5) is 27.9. The van der Waals surface area contributed by atoms with Crippen LogP contribution in [-0.4, -0.2) is 46.4 Å². The van der Waals surface area contributed by atoms with E-state index >= 15 is 0 Å². The summed E-state index contributed by atoms with van der Waals surface area (Å²) in [5, 5.41) is 4.61. The molecule has 0 saturated carbocycles. The van der Waals surface area contributed by atoms with Gasteiger partial charge in [0.15, 0.2) is 5.13 Å². The van der Waals surface area contributed by atoms with Crippen LogP contribution in [0, 0.1) is 0 Å². The number of hydrogen-bond acceptors (Lipinski definition) is 9. The van der Waals surface area contributed by atoms with Crippen molar-refractivity contribution in [1.29, 1.82) is 0 Å². The monoisotopic (exact) mass is 365 g/mol. The predicted molar refractivity (Wildman–Crippen MR) is 78.9 cm³/mol. The molecule has 13 heteroatoms. The van der Waals surface area contributed by atoms with E-state index in [9.17, 15) is 18.0 Å². The van der Waals surface area contributed by atoms with Gasteiger partial charge >= 0.3 is 10.4 Å². The van der Waals surface area contributed by atoms with Crippen LogP contribution in [-0.2, 0) is 24.3 Å². The quantitative estimate of drug-likeness (QED) is 0.359. The molecular weight excluding hydrogens is 350 g/mol. The summed E-state index contributed by atoms with van der Waals surface area (Å²) in [6.45, 7) is 2.88. The number of aromatic nitrogens is 1. The molecule has 0 aromatic carbocycles. The second-order valence-electron chi connectivity index (χ2n) is 5.32. The number of carbonyl (C=O) groups is 2. The molecule has 0 bridgehead atoms. The van der Waals surface area contributed by atoms with Crippen molar-refractivity contribution in [2.45, 2.75) is 31.5 Å². The molecule has 0 spiro atoms. The molecule has 1 aromatic rings. The molecule has 2 atom stereocenters. The smallest absolute Gasteiger partial charge is 0.375 e. The van der Waals surface area contributed by atoms with Crippen molar-refractivity contribution in [3.63, 3.8) is 0 Å². The highest BCUT2D eigenvalue weighted by atomic mass is 32.3. The number of thiazole rings is 1. The van der Waals surface area contributed by atoms with Gasteiger partial charge in [0.2, 0.25) is 5.91 Å². The van der Waals surface area contributed by atoms with Gasteiger partial charge in [-0.1, -0.05) is 0 Å². The topological polar surface area (TPSA) is 178 Å². The predicted octanol–water partition coefficient (Wildman–Crippen LogP) is -1.43. The molecule has 11 nitrogen and oxygen atoms in total. The molecule has 0 aliphatic carbocycles. The molecule has 2 rings (SSSR count). The molecular formula is C10H15N5O6S2. The maximum Gasteiger partial charge on any atom is 0.418 e. The van der Waals surface area contributed by atoms with Crippen molar-refractivity contribution < 1.29 is 26.8 Å². The Morgan fingerprint density at radius 1 is 1.61 bits per heavy atom. The van der Waals surface area contributed by atoms with Gasteiger partial charge in [0.25, 0.3) is 5.91 Å². The summed E-state index contributed by atoms with van der Waals surface area (Å²) in [7, 11) is -4.85. The normalized spacial score (nSPS) is 21.7. The second kappa shape index (κ2) is 5.68. The van der Waals surface area contributed by atoms with Gasteiger partial charge in [0, 0.05) is 5.38 Å². The first-order chi connectivity index (χ1) is 10.4. The lowest BCUT2D eigenvalue weighted by atomic mass is 9.84. The third kappa shape index (κ3) is 3.42. The fourth-order valence-electron chi connectivity index (χ4n) is 2.03. The van der Waals surface area contributed by atoms with Gasteiger partial charge in [-0.2, -0.15) is 13.5 Å². The van der Waals surface area contributed by atoms with Crippen LogP contribution in [0.1, 0.15) is 25.6 Å². The lowest BCUT2D eigenvalue weighted by Gasteiger charge is -2.50. The number of rotatable bonds is 5. The minimum Gasteiger partial charge on any atom is -0.375 e.